The number of aryl methyl sites for hydroxylation is 1. The van der Waals surface area contributed by atoms with Crippen LogP contribution in [-0.2, 0) is 13.1 Å². The van der Waals surface area contributed by atoms with Crippen LogP contribution in [0.1, 0.15) is 38.4 Å². The van der Waals surface area contributed by atoms with E-state index < -0.39 is 0 Å². The molecule has 0 unspecified atom stereocenters. The van der Waals surface area contributed by atoms with E-state index in [1.54, 1.807) is 0 Å². The maximum atomic E-state index is 4.83. The van der Waals surface area contributed by atoms with Crippen LogP contribution in [0.4, 0.5) is 0 Å². The summed E-state index contributed by atoms with van der Waals surface area (Å²) in [6, 6.07) is 8.47. The number of hydrogen-bond donors (Lipinski definition) is 0. The molecule has 2 aromatic rings. The highest BCUT2D eigenvalue weighted by Crippen LogP contribution is 2.18. The molecular formula is C16H23N3. The summed E-state index contributed by atoms with van der Waals surface area (Å²) in [6.07, 6.45) is 5.46. The Morgan fingerprint density at radius 2 is 1.79 bits per heavy atom. The number of aromatic nitrogens is 2. The third-order valence-electron chi connectivity index (χ3n) is 4.11. The molecule has 0 aliphatic carbocycles. The minimum atomic E-state index is 1.00. The van der Waals surface area contributed by atoms with Gasteiger partial charge in [0.25, 0.3) is 0 Å². The number of imidazole rings is 1. The molecule has 1 aromatic heterocycles. The van der Waals surface area contributed by atoms with E-state index in [0.29, 0.717) is 0 Å². The van der Waals surface area contributed by atoms with E-state index in [2.05, 4.69) is 40.7 Å². The van der Waals surface area contributed by atoms with Crippen molar-refractivity contribution in [2.75, 3.05) is 13.1 Å². The quantitative estimate of drug-likeness (QED) is 0.840. The van der Waals surface area contributed by atoms with Crippen molar-refractivity contribution in [3.05, 3.63) is 30.1 Å². The van der Waals surface area contributed by atoms with Gasteiger partial charge in [-0.05, 0) is 45.0 Å². The smallest absolute Gasteiger partial charge is 0.124 e. The van der Waals surface area contributed by atoms with E-state index in [9.17, 15) is 0 Å². The van der Waals surface area contributed by atoms with Crippen LogP contribution in [0.2, 0.25) is 0 Å². The molecule has 1 aromatic carbocycles. The first-order valence-electron chi connectivity index (χ1n) is 7.55. The lowest BCUT2D eigenvalue weighted by atomic mass is 10.2. The molecule has 0 radical (unpaired) electrons. The van der Waals surface area contributed by atoms with Crippen LogP contribution in [0.3, 0.4) is 0 Å². The SMILES string of the molecule is CCn1c(CN2CCCCCC2)nc2ccccc21. The second-order valence-electron chi connectivity index (χ2n) is 5.45. The number of para-hydroxylation sites is 2. The Labute approximate surface area is 115 Å². The Bertz CT molecular complexity index is 536. The van der Waals surface area contributed by atoms with Crippen molar-refractivity contribution < 1.29 is 0 Å². The molecule has 1 fully saturated rings. The van der Waals surface area contributed by atoms with E-state index in [1.807, 2.05) is 0 Å². The first-order chi connectivity index (χ1) is 9.38. The zero-order valence-corrected chi connectivity index (χ0v) is 11.8. The number of hydrogen-bond acceptors (Lipinski definition) is 2. The minimum Gasteiger partial charge on any atom is -0.327 e. The van der Waals surface area contributed by atoms with Crippen molar-refractivity contribution >= 4 is 11.0 Å². The van der Waals surface area contributed by atoms with Crippen LogP contribution < -0.4 is 0 Å². The van der Waals surface area contributed by atoms with Crippen LogP contribution in [-0.4, -0.2) is 27.5 Å². The van der Waals surface area contributed by atoms with Crippen molar-refractivity contribution in [2.24, 2.45) is 0 Å². The number of nitrogens with zero attached hydrogens (tertiary/aromatic N) is 3. The summed E-state index contributed by atoms with van der Waals surface area (Å²) < 4.78 is 2.36. The van der Waals surface area contributed by atoms with Crippen LogP contribution in [0.25, 0.3) is 11.0 Å². The molecule has 1 aliphatic rings. The maximum Gasteiger partial charge on any atom is 0.124 e. The summed E-state index contributed by atoms with van der Waals surface area (Å²) in [4.78, 5) is 7.40. The van der Waals surface area contributed by atoms with Gasteiger partial charge in [0.2, 0.25) is 0 Å². The van der Waals surface area contributed by atoms with Gasteiger partial charge in [0.1, 0.15) is 5.82 Å². The summed E-state index contributed by atoms with van der Waals surface area (Å²) in [6.45, 7) is 6.67. The molecule has 3 heteroatoms. The lowest BCUT2D eigenvalue weighted by Gasteiger charge is -2.19. The molecule has 0 atom stereocenters. The second kappa shape index (κ2) is 5.74. The highest BCUT2D eigenvalue weighted by Gasteiger charge is 2.14. The van der Waals surface area contributed by atoms with Gasteiger partial charge >= 0.3 is 0 Å². The molecule has 2 heterocycles. The lowest BCUT2D eigenvalue weighted by Crippen LogP contribution is -2.25. The van der Waals surface area contributed by atoms with Gasteiger partial charge in [-0.1, -0.05) is 25.0 Å². The number of benzene rings is 1. The van der Waals surface area contributed by atoms with Gasteiger partial charge < -0.3 is 4.57 Å². The molecule has 0 saturated carbocycles. The molecule has 3 rings (SSSR count). The fraction of sp³-hybridized carbons (Fsp3) is 0.562. The Morgan fingerprint density at radius 3 is 2.53 bits per heavy atom. The zero-order chi connectivity index (χ0) is 13.1. The van der Waals surface area contributed by atoms with Crippen molar-refractivity contribution in [3.63, 3.8) is 0 Å². The van der Waals surface area contributed by atoms with Gasteiger partial charge in [0.05, 0.1) is 17.6 Å². The first kappa shape index (κ1) is 12.7. The summed E-state index contributed by atoms with van der Waals surface area (Å²) >= 11 is 0. The fourth-order valence-corrected chi connectivity index (χ4v) is 3.09. The average Bonchev–Trinajstić information content (AvgIpc) is 2.60. The predicted octanol–water partition coefficient (Wildman–Crippen LogP) is 3.43. The summed E-state index contributed by atoms with van der Waals surface area (Å²) in [5, 5.41) is 0. The van der Waals surface area contributed by atoms with E-state index in [0.717, 1.165) is 18.6 Å². The average molecular weight is 257 g/mol. The largest absolute Gasteiger partial charge is 0.327 e. The van der Waals surface area contributed by atoms with Gasteiger partial charge in [-0.25, -0.2) is 4.98 Å². The third kappa shape index (κ3) is 2.66. The van der Waals surface area contributed by atoms with Gasteiger partial charge in [-0.2, -0.15) is 0 Å². The van der Waals surface area contributed by atoms with Crippen LogP contribution >= 0.6 is 0 Å². The van der Waals surface area contributed by atoms with E-state index >= 15 is 0 Å². The highest BCUT2D eigenvalue weighted by atomic mass is 15.2. The first-order valence-corrected chi connectivity index (χ1v) is 7.55. The molecule has 1 aliphatic heterocycles. The Hall–Kier alpha value is -1.35. The molecule has 3 nitrogen and oxygen atoms in total. The maximum absolute atomic E-state index is 4.83. The predicted molar refractivity (Wildman–Crippen MR) is 79.2 cm³/mol. The van der Waals surface area contributed by atoms with Crippen LogP contribution in [0, 0.1) is 0 Å². The van der Waals surface area contributed by atoms with Gasteiger partial charge in [0, 0.05) is 6.54 Å². The van der Waals surface area contributed by atoms with E-state index in [1.165, 1.54) is 50.1 Å². The summed E-state index contributed by atoms with van der Waals surface area (Å²) in [7, 11) is 0. The molecule has 0 spiro atoms. The van der Waals surface area contributed by atoms with Gasteiger partial charge in [0.15, 0.2) is 0 Å². The highest BCUT2D eigenvalue weighted by molar-refractivity contribution is 5.75. The zero-order valence-electron chi connectivity index (χ0n) is 11.8. The lowest BCUT2D eigenvalue weighted by molar-refractivity contribution is 0.267. The standard InChI is InChI=1S/C16H23N3/c1-2-19-15-10-6-5-9-14(15)17-16(19)13-18-11-7-3-4-8-12-18/h5-6,9-10H,2-4,7-8,11-13H2,1H3. The molecule has 19 heavy (non-hydrogen) atoms. The Morgan fingerprint density at radius 1 is 1.05 bits per heavy atom. The topological polar surface area (TPSA) is 21.1 Å². The van der Waals surface area contributed by atoms with Crippen LogP contribution in [0.15, 0.2) is 24.3 Å². The monoisotopic (exact) mass is 257 g/mol. The third-order valence-corrected chi connectivity index (χ3v) is 4.11. The fourth-order valence-electron chi connectivity index (χ4n) is 3.09. The molecule has 0 amide bonds. The number of fused-ring (bicyclic) bond motifs is 1. The molecule has 1 saturated heterocycles. The minimum absolute atomic E-state index is 1.00. The van der Waals surface area contributed by atoms with Gasteiger partial charge in [-0.15, -0.1) is 0 Å². The summed E-state index contributed by atoms with van der Waals surface area (Å²) in [5.74, 6) is 1.23. The Kier molecular flexibility index (Phi) is 3.83. The molecule has 0 bridgehead atoms. The van der Waals surface area contributed by atoms with Crippen LogP contribution in [0.5, 0.6) is 0 Å². The molecule has 102 valence electrons. The van der Waals surface area contributed by atoms with Gasteiger partial charge in [-0.3, -0.25) is 4.90 Å². The molecule has 0 N–H and O–H groups in total. The van der Waals surface area contributed by atoms with Crippen molar-refractivity contribution in [1.29, 1.82) is 0 Å². The normalized spacial score (nSPS) is 17.7. The van der Waals surface area contributed by atoms with Crippen molar-refractivity contribution in [2.45, 2.75) is 45.7 Å². The number of likely N-dealkylation sites (tertiary alicyclic amines) is 1. The number of rotatable bonds is 3. The Balaban J connectivity index is 1.87. The van der Waals surface area contributed by atoms with Crippen molar-refractivity contribution in [3.8, 4) is 0 Å². The van der Waals surface area contributed by atoms with E-state index in [4.69, 9.17) is 4.98 Å². The van der Waals surface area contributed by atoms with E-state index in [-0.39, 0.29) is 0 Å². The summed E-state index contributed by atoms with van der Waals surface area (Å²) in [5.41, 5.74) is 2.41. The molecular weight excluding hydrogens is 234 g/mol. The second-order valence-corrected chi connectivity index (χ2v) is 5.45. The van der Waals surface area contributed by atoms with Crippen molar-refractivity contribution in [1.82, 2.24) is 14.5 Å².